The Balaban J connectivity index is 2.05. The van der Waals surface area contributed by atoms with Crippen LogP contribution in [0.1, 0.15) is 16.9 Å². The molecule has 6 heteroatoms. The fraction of sp³-hybridized carbons (Fsp3) is 0.231. The van der Waals surface area contributed by atoms with Gasteiger partial charge in [0.1, 0.15) is 5.69 Å². The second kappa shape index (κ2) is 5.43. The minimum atomic E-state index is -0.250. The zero-order valence-electron chi connectivity index (χ0n) is 10.6. The van der Waals surface area contributed by atoms with Crippen LogP contribution in [0.4, 0.5) is 5.69 Å². The summed E-state index contributed by atoms with van der Waals surface area (Å²) in [4.78, 5) is 25.9. The van der Waals surface area contributed by atoms with Crippen molar-refractivity contribution in [2.75, 3.05) is 19.3 Å². The molecule has 2 aromatic rings. The summed E-state index contributed by atoms with van der Waals surface area (Å²) in [5.41, 5.74) is 7.59. The van der Waals surface area contributed by atoms with Gasteiger partial charge in [0.2, 0.25) is 5.91 Å². The maximum atomic E-state index is 11.9. The van der Waals surface area contributed by atoms with Gasteiger partial charge in [-0.25, -0.2) is 0 Å². The standard InChI is InChI=1S/C13H16N4O2/c1-15-11(18)5-6-16-13(19)10-7-8-3-2-4-9(14)12(8)17-10/h2-4,7,17H,5-6,14H2,1H3,(H,15,18)(H,16,19). The number of nitrogens with two attached hydrogens (primary N) is 1. The van der Waals surface area contributed by atoms with E-state index in [4.69, 9.17) is 5.73 Å². The van der Waals surface area contributed by atoms with Gasteiger partial charge >= 0.3 is 0 Å². The van der Waals surface area contributed by atoms with Crippen LogP contribution < -0.4 is 16.4 Å². The number of amides is 2. The number of rotatable bonds is 4. The molecule has 19 heavy (non-hydrogen) atoms. The first kappa shape index (κ1) is 12.9. The molecule has 2 amide bonds. The third-order valence-electron chi connectivity index (χ3n) is 2.85. The Morgan fingerprint density at radius 3 is 2.84 bits per heavy atom. The van der Waals surface area contributed by atoms with Crippen LogP contribution in [-0.4, -0.2) is 30.4 Å². The van der Waals surface area contributed by atoms with E-state index in [1.54, 1.807) is 19.2 Å². The number of nitrogens with one attached hydrogen (secondary N) is 3. The topological polar surface area (TPSA) is 100 Å². The van der Waals surface area contributed by atoms with Crippen molar-refractivity contribution in [3.63, 3.8) is 0 Å². The molecule has 0 saturated heterocycles. The van der Waals surface area contributed by atoms with Crippen molar-refractivity contribution < 1.29 is 9.59 Å². The molecule has 6 nitrogen and oxygen atoms in total. The second-order valence-electron chi connectivity index (χ2n) is 4.17. The molecule has 100 valence electrons. The molecule has 0 spiro atoms. The van der Waals surface area contributed by atoms with Gasteiger partial charge in [-0.15, -0.1) is 0 Å². The summed E-state index contributed by atoms with van der Waals surface area (Å²) >= 11 is 0. The number of hydrogen-bond acceptors (Lipinski definition) is 3. The highest BCUT2D eigenvalue weighted by molar-refractivity contribution is 6.00. The fourth-order valence-electron chi connectivity index (χ4n) is 1.81. The molecule has 5 N–H and O–H groups in total. The Bertz CT molecular complexity index is 618. The third kappa shape index (κ3) is 2.85. The van der Waals surface area contributed by atoms with Gasteiger partial charge in [-0.05, 0) is 12.1 Å². The predicted molar refractivity (Wildman–Crippen MR) is 73.7 cm³/mol. The number of H-pyrrole nitrogens is 1. The number of aromatic nitrogens is 1. The fourth-order valence-corrected chi connectivity index (χ4v) is 1.81. The Morgan fingerprint density at radius 1 is 1.37 bits per heavy atom. The van der Waals surface area contributed by atoms with Crippen LogP contribution in [0, 0.1) is 0 Å². The number of para-hydroxylation sites is 1. The van der Waals surface area contributed by atoms with Crippen molar-refractivity contribution in [1.82, 2.24) is 15.6 Å². The Kier molecular flexibility index (Phi) is 3.70. The first-order valence-electron chi connectivity index (χ1n) is 5.98. The molecule has 0 atom stereocenters. The normalized spacial score (nSPS) is 10.4. The largest absolute Gasteiger partial charge is 0.397 e. The van der Waals surface area contributed by atoms with Crippen molar-refractivity contribution in [3.05, 3.63) is 30.0 Å². The van der Waals surface area contributed by atoms with Gasteiger partial charge in [0.05, 0.1) is 11.2 Å². The summed E-state index contributed by atoms with van der Waals surface area (Å²) in [5.74, 6) is -0.360. The number of hydrogen-bond donors (Lipinski definition) is 4. The van der Waals surface area contributed by atoms with E-state index in [0.29, 0.717) is 17.9 Å². The first-order chi connectivity index (χ1) is 9.11. The third-order valence-corrected chi connectivity index (χ3v) is 2.85. The summed E-state index contributed by atoms with van der Waals surface area (Å²) < 4.78 is 0. The van der Waals surface area contributed by atoms with Crippen LogP contribution in [0.5, 0.6) is 0 Å². The molecule has 0 aliphatic carbocycles. The quantitative estimate of drug-likeness (QED) is 0.606. The lowest BCUT2D eigenvalue weighted by Crippen LogP contribution is -2.29. The van der Waals surface area contributed by atoms with Crippen LogP contribution >= 0.6 is 0 Å². The van der Waals surface area contributed by atoms with Crippen LogP contribution in [-0.2, 0) is 4.79 Å². The average molecular weight is 260 g/mol. The highest BCUT2D eigenvalue weighted by Crippen LogP contribution is 2.20. The van der Waals surface area contributed by atoms with E-state index in [-0.39, 0.29) is 18.2 Å². The molecule has 0 radical (unpaired) electrons. The zero-order valence-corrected chi connectivity index (χ0v) is 10.6. The Labute approximate surface area is 110 Å². The molecule has 2 rings (SSSR count). The molecule has 0 unspecified atom stereocenters. The molecular formula is C13H16N4O2. The van der Waals surface area contributed by atoms with E-state index in [1.807, 2.05) is 12.1 Å². The molecule has 0 aliphatic heterocycles. The number of carbonyl (C=O) groups excluding carboxylic acids is 2. The van der Waals surface area contributed by atoms with E-state index in [0.717, 1.165) is 10.9 Å². The van der Waals surface area contributed by atoms with Crippen molar-refractivity contribution in [3.8, 4) is 0 Å². The van der Waals surface area contributed by atoms with Crippen molar-refractivity contribution in [2.45, 2.75) is 6.42 Å². The summed E-state index contributed by atoms with van der Waals surface area (Å²) in [5, 5.41) is 6.05. The highest BCUT2D eigenvalue weighted by Gasteiger charge is 2.10. The average Bonchev–Trinajstić information content (AvgIpc) is 2.84. The molecule has 0 aliphatic rings. The van der Waals surface area contributed by atoms with Crippen LogP contribution in [0.2, 0.25) is 0 Å². The molecule has 0 saturated carbocycles. The lowest BCUT2D eigenvalue weighted by Gasteiger charge is -2.02. The number of aromatic amines is 1. The van der Waals surface area contributed by atoms with Crippen molar-refractivity contribution in [1.29, 1.82) is 0 Å². The Hall–Kier alpha value is -2.50. The van der Waals surface area contributed by atoms with E-state index in [1.165, 1.54) is 0 Å². The lowest BCUT2D eigenvalue weighted by atomic mass is 10.2. The molecular weight excluding hydrogens is 244 g/mol. The van der Waals surface area contributed by atoms with Gasteiger partial charge < -0.3 is 21.4 Å². The summed E-state index contributed by atoms with van der Waals surface area (Å²) in [6.45, 7) is 0.295. The smallest absolute Gasteiger partial charge is 0.267 e. The van der Waals surface area contributed by atoms with Gasteiger partial charge in [-0.3, -0.25) is 9.59 Å². The van der Waals surface area contributed by atoms with Gasteiger partial charge in [0.15, 0.2) is 0 Å². The van der Waals surface area contributed by atoms with Crippen LogP contribution in [0.25, 0.3) is 10.9 Å². The molecule has 1 aromatic carbocycles. The first-order valence-corrected chi connectivity index (χ1v) is 5.98. The SMILES string of the molecule is CNC(=O)CCNC(=O)c1cc2cccc(N)c2[nH]1. The van der Waals surface area contributed by atoms with E-state index < -0.39 is 0 Å². The van der Waals surface area contributed by atoms with Crippen molar-refractivity contribution in [2.24, 2.45) is 0 Å². The minimum Gasteiger partial charge on any atom is -0.397 e. The highest BCUT2D eigenvalue weighted by atomic mass is 16.2. The second-order valence-corrected chi connectivity index (χ2v) is 4.17. The molecule has 1 heterocycles. The maximum absolute atomic E-state index is 11.9. The lowest BCUT2D eigenvalue weighted by molar-refractivity contribution is -0.120. The predicted octanol–water partition coefficient (Wildman–Crippen LogP) is 0.616. The monoisotopic (exact) mass is 260 g/mol. The molecule has 0 bridgehead atoms. The van der Waals surface area contributed by atoms with Crippen LogP contribution in [0.15, 0.2) is 24.3 Å². The zero-order chi connectivity index (χ0) is 13.8. The summed E-state index contributed by atoms with van der Waals surface area (Å²) in [6.07, 6.45) is 0.255. The number of benzene rings is 1. The number of carbonyl (C=O) groups is 2. The van der Waals surface area contributed by atoms with Crippen molar-refractivity contribution >= 4 is 28.4 Å². The Morgan fingerprint density at radius 2 is 2.16 bits per heavy atom. The molecule has 0 fully saturated rings. The number of fused-ring (bicyclic) bond motifs is 1. The van der Waals surface area contributed by atoms with Gasteiger partial charge in [-0.1, -0.05) is 12.1 Å². The van der Waals surface area contributed by atoms with E-state index in [2.05, 4.69) is 15.6 Å². The van der Waals surface area contributed by atoms with E-state index >= 15 is 0 Å². The molecule has 1 aromatic heterocycles. The van der Waals surface area contributed by atoms with E-state index in [9.17, 15) is 9.59 Å². The van der Waals surface area contributed by atoms with Crippen LogP contribution in [0.3, 0.4) is 0 Å². The number of nitrogen functional groups attached to an aromatic ring is 1. The van der Waals surface area contributed by atoms with Gasteiger partial charge in [-0.2, -0.15) is 0 Å². The minimum absolute atomic E-state index is 0.110. The maximum Gasteiger partial charge on any atom is 0.267 e. The summed E-state index contributed by atoms with van der Waals surface area (Å²) in [6, 6.07) is 7.22. The number of anilines is 1. The van der Waals surface area contributed by atoms with Gasteiger partial charge in [0, 0.05) is 25.4 Å². The van der Waals surface area contributed by atoms with Gasteiger partial charge in [0.25, 0.3) is 5.91 Å². The summed E-state index contributed by atoms with van der Waals surface area (Å²) in [7, 11) is 1.56.